The monoisotopic (exact) mass is 403 g/mol. The van der Waals surface area contributed by atoms with Crippen LogP contribution in [0.3, 0.4) is 0 Å². The Hall–Kier alpha value is -3.23. The van der Waals surface area contributed by atoms with Gasteiger partial charge in [0, 0.05) is 34.4 Å². The molecule has 4 aromatic heterocycles. The zero-order chi connectivity index (χ0) is 18.8. The van der Waals surface area contributed by atoms with Gasteiger partial charge in [-0.15, -0.1) is 22.7 Å². The van der Waals surface area contributed by atoms with Gasteiger partial charge >= 0.3 is 0 Å². The molecule has 1 aromatic carbocycles. The highest BCUT2D eigenvalue weighted by Gasteiger charge is 2.26. The fraction of sp³-hybridized carbons (Fsp3) is 0.0500. The topological polar surface area (TPSA) is 63.7 Å². The molecule has 136 valence electrons. The van der Waals surface area contributed by atoms with E-state index < -0.39 is 0 Å². The normalized spacial score (nSPS) is 15.0. The van der Waals surface area contributed by atoms with Gasteiger partial charge < -0.3 is 5.32 Å². The number of nitrogens with zero attached hydrogens (tertiary/aromatic N) is 4. The molecule has 0 aliphatic carbocycles. The van der Waals surface area contributed by atoms with Crippen molar-refractivity contribution in [2.45, 2.75) is 6.92 Å². The number of amides is 1. The summed E-state index contributed by atoms with van der Waals surface area (Å²) in [5.41, 5.74) is 6.00. The minimum Gasteiger partial charge on any atom is -0.321 e. The van der Waals surface area contributed by atoms with E-state index in [1.165, 1.54) is 0 Å². The molecule has 6 rings (SSSR count). The molecule has 0 spiro atoms. The number of carbonyl (C=O) groups is 1. The quantitative estimate of drug-likeness (QED) is 0.439. The summed E-state index contributed by atoms with van der Waals surface area (Å²) >= 11 is 3.17. The van der Waals surface area contributed by atoms with E-state index in [1.807, 2.05) is 64.8 Å². The summed E-state index contributed by atoms with van der Waals surface area (Å²) in [6.45, 7) is 2.00. The number of hydrogen-bond acceptors (Lipinski definition) is 5. The van der Waals surface area contributed by atoms with Crippen LogP contribution in [0, 0.1) is 6.92 Å². The Balaban J connectivity index is 1.65. The predicted octanol–water partition coefficient (Wildman–Crippen LogP) is 4.57. The molecule has 28 heavy (non-hydrogen) atoms. The van der Waals surface area contributed by atoms with Crippen molar-refractivity contribution in [1.29, 1.82) is 0 Å². The smallest absolute Gasteiger partial charge is 0.256 e. The summed E-state index contributed by atoms with van der Waals surface area (Å²) in [5.74, 6) is -0.0944. The maximum atomic E-state index is 12.6. The number of para-hydroxylation sites is 1. The fourth-order valence-electron chi connectivity index (χ4n) is 3.71. The first-order chi connectivity index (χ1) is 13.7. The average molecular weight is 403 g/mol. The second-order valence-electron chi connectivity index (χ2n) is 6.56. The van der Waals surface area contributed by atoms with Gasteiger partial charge in [0.05, 0.1) is 22.7 Å². The first-order valence-corrected chi connectivity index (χ1v) is 10.5. The third kappa shape index (κ3) is 2.10. The average Bonchev–Trinajstić information content (AvgIpc) is 3.44. The second kappa shape index (κ2) is 5.63. The van der Waals surface area contributed by atoms with Crippen LogP contribution in [0.25, 0.3) is 33.0 Å². The highest BCUT2D eigenvalue weighted by atomic mass is 32.1. The molecule has 0 atom stereocenters. The number of thiazole rings is 2. The van der Waals surface area contributed by atoms with Crippen molar-refractivity contribution in [3.8, 4) is 11.4 Å². The number of imidazole rings is 2. The minimum absolute atomic E-state index is 0.0944. The second-order valence-corrected chi connectivity index (χ2v) is 8.31. The van der Waals surface area contributed by atoms with Gasteiger partial charge in [-0.3, -0.25) is 13.6 Å². The number of hydrogen-bond donors (Lipinski definition) is 1. The molecule has 1 N–H and O–H groups in total. The molecule has 1 amide bonds. The lowest BCUT2D eigenvalue weighted by Crippen LogP contribution is -2.04. The van der Waals surface area contributed by atoms with Crippen molar-refractivity contribution in [2.24, 2.45) is 0 Å². The summed E-state index contributed by atoms with van der Waals surface area (Å²) in [4.78, 5) is 24.0. The van der Waals surface area contributed by atoms with Crippen molar-refractivity contribution in [3.05, 3.63) is 64.4 Å². The van der Waals surface area contributed by atoms with Crippen LogP contribution in [-0.4, -0.2) is 24.7 Å². The molecule has 6 nitrogen and oxygen atoms in total. The van der Waals surface area contributed by atoms with Gasteiger partial charge in [-0.2, -0.15) is 0 Å². The Bertz CT molecular complexity index is 1430. The SMILES string of the molecule is Cc1nc2sccn2c1-c1nc2sccn2c1/C=C1/C(=O)Nc2ccccc21. The van der Waals surface area contributed by atoms with Crippen LogP contribution in [-0.2, 0) is 4.79 Å². The Labute approximate surface area is 167 Å². The number of anilines is 1. The Morgan fingerprint density at radius 1 is 1.04 bits per heavy atom. The van der Waals surface area contributed by atoms with E-state index >= 15 is 0 Å². The third-order valence-electron chi connectivity index (χ3n) is 4.95. The molecule has 0 saturated heterocycles. The summed E-state index contributed by atoms with van der Waals surface area (Å²) in [7, 11) is 0. The molecule has 1 aliphatic rings. The molecule has 5 heterocycles. The largest absolute Gasteiger partial charge is 0.321 e. The van der Waals surface area contributed by atoms with Crippen LogP contribution in [0.15, 0.2) is 47.4 Å². The van der Waals surface area contributed by atoms with Crippen LogP contribution in [0.4, 0.5) is 5.69 Å². The van der Waals surface area contributed by atoms with Gasteiger partial charge in [-0.1, -0.05) is 18.2 Å². The standard InChI is InChI=1S/C20H13N5OS2/c1-11-17(25-7-9-27-19(25)21-11)16-15(24-6-8-28-20(24)23-16)10-13-12-4-2-3-5-14(12)22-18(13)26/h2-10H,1H3,(H,22,26)/b13-10+. The highest BCUT2D eigenvalue weighted by Crippen LogP contribution is 2.36. The van der Waals surface area contributed by atoms with E-state index in [0.29, 0.717) is 5.57 Å². The summed E-state index contributed by atoms with van der Waals surface area (Å²) in [5, 5.41) is 6.96. The lowest BCUT2D eigenvalue weighted by atomic mass is 10.0. The van der Waals surface area contributed by atoms with Crippen LogP contribution in [0.2, 0.25) is 0 Å². The summed E-state index contributed by atoms with van der Waals surface area (Å²) < 4.78 is 4.10. The minimum atomic E-state index is -0.0944. The van der Waals surface area contributed by atoms with Crippen molar-refractivity contribution < 1.29 is 4.79 Å². The van der Waals surface area contributed by atoms with E-state index in [0.717, 1.165) is 43.9 Å². The maximum Gasteiger partial charge on any atom is 0.256 e. The lowest BCUT2D eigenvalue weighted by molar-refractivity contribution is -0.110. The Morgan fingerprint density at radius 3 is 2.64 bits per heavy atom. The van der Waals surface area contributed by atoms with E-state index in [4.69, 9.17) is 4.98 Å². The van der Waals surface area contributed by atoms with E-state index in [9.17, 15) is 4.79 Å². The third-order valence-corrected chi connectivity index (χ3v) is 6.46. The number of rotatable bonds is 2. The number of aryl methyl sites for hydroxylation is 1. The Kier molecular flexibility index (Phi) is 3.18. The van der Waals surface area contributed by atoms with E-state index in [2.05, 4.69) is 14.7 Å². The van der Waals surface area contributed by atoms with Crippen LogP contribution in [0.5, 0.6) is 0 Å². The van der Waals surface area contributed by atoms with E-state index in [1.54, 1.807) is 22.7 Å². The number of nitrogens with one attached hydrogen (secondary N) is 1. The molecule has 1 aliphatic heterocycles. The summed E-state index contributed by atoms with van der Waals surface area (Å²) in [6, 6.07) is 7.75. The van der Waals surface area contributed by atoms with Crippen molar-refractivity contribution in [2.75, 3.05) is 5.32 Å². The molecule has 0 radical (unpaired) electrons. The molecular formula is C20H13N5OS2. The molecule has 0 fully saturated rings. The number of fused-ring (bicyclic) bond motifs is 3. The lowest BCUT2D eigenvalue weighted by Gasteiger charge is -2.03. The van der Waals surface area contributed by atoms with Crippen molar-refractivity contribution in [3.63, 3.8) is 0 Å². The van der Waals surface area contributed by atoms with Gasteiger partial charge in [0.25, 0.3) is 5.91 Å². The predicted molar refractivity (Wildman–Crippen MR) is 113 cm³/mol. The highest BCUT2D eigenvalue weighted by molar-refractivity contribution is 7.15. The first kappa shape index (κ1) is 15.8. The molecule has 0 saturated carbocycles. The zero-order valence-corrected chi connectivity index (χ0v) is 16.3. The van der Waals surface area contributed by atoms with Crippen LogP contribution >= 0.6 is 22.7 Å². The number of carbonyl (C=O) groups excluding carboxylic acids is 1. The molecule has 5 aromatic rings. The molecular weight excluding hydrogens is 390 g/mol. The van der Waals surface area contributed by atoms with Gasteiger partial charge in [0.2, 0.25) is 0 Å². The summed E-state index contributed by atoms with van der Waals surface area (Å²) in [6.07, 6.45) is 5.94. The zero-order valence-electron chi connectivity index (χ0n) is 14.7. The van der Waals surface area contributed by atoms with Crippen molar-refractivity contribution >= 4 is 55.8 Å². The van der Waals surface area contributed by atoms with Gasteiger partial charge in [-0.25, -0.2) is 9.97 Å². The van der Waals surface area contributed by atoms with Crippen molar-refractivity contribution in [1.82, 2.24) is 18.8 Å². The number of benzene rings is 1. The van der Waals surface area contributed by atoms with E-state index in [-0.39, 0.29) is 5.91 Å². The van der Waals surface area contributed by atoms with Crippen LogP contribution < -0.4 is 5.32 Å². The van der Waals surface area contributed by atoms with Gasteiger partial charge in [0.15, 0.2) is 9.92 Å². The first-order valence-electron chi connectivity index (χ1n) is 8.71. The van der Waals surface area contributed by atoms with Gasteiger partial charge in [-0.05, 0) is 19.1 Å². The number of aromatic nitrogens is 4. The van der Waals surface area contributed by atoms with Crippen LogP contribution in [0.1, 0.15) is 17.0 Å². The molecule has 0 bridgehead atoms. The van der Waals surface area contributed by atoms with Gasteiger partial charge in [0.1, 0.15) is 5.69 Å². The molecule has 8 heteroatoms. The Morgan fingerprint density at radius 2 is 1.79 bits per heavy atom. The fourth-order valence-corrected chi connectivity index (χ4v) is 5.19. The molecule has 0 unspecified atom stereocenters. The maximum absolute atomic E-state index is 12.6.